The molecule has 5 heteroatoms. The van der Waals surface area contributed by atoms with Gasteiger partial charge in [-0.3, -0.25) is 0 Å². The molecule has 0 aromatic heterocycles. The molecule has 0 amide bonds. The molecule has 27 heavy (non-hydrogen) atoms. The molecule has 0 heterocycles. The fraction of sp³-hybridized carbons (Fsp3) is 0.409. The number of rotatable bonds is 4. The highest BCUT2D eigenvalue weighted by atomic mass is 19.1. The van der Waals surface area contributed by atoms with Crippen LogP contribution in [-0.2, 0) is 9.53 Å². The molecule has 1 aromatic carbocycles. The second kappa shape index (κ2) is 6.95. The van der Waals surface area contributed by atoms with E-state index in [1.54, 1.807) is 24.3 Å². The van der Waals surface area contributed by atoms with Crippen LogP contribution in [0.5, 0.6) is 5.75 Å². The molecule has 3 rings (SSSR count). The normalized spacial score (nSPS) is 24.4. The lowest BCUT2D eigenvalue weighted by Gasteiger charge is -2.39. The smallest absolute Gasteiger partial charge is 0.336 e. The van der Waals surface area contributed by atoms with Crippen molar-refractivity contribution in [1.29, 1.82) is 0 Å². The molecule has 0 saturated heterocycles. The van der Waals surface area contributed by atoms with E-state index in [0.29, 0.717) is 16.9 Å². The first-order chi connectivity index (χ1) is 12.7. The molecule has 2 aliphatic rings. The Morgan fingerprint density at radius 2 is 1.96 bits per heavy atom. The first-order valence-corrected chi connectivity index (χ1v) is 8.96. The maximum absolute atomic E-state index is 16.7. The Hall–Kier alpha value is -2.43. The van der Waals surface area contributed by atoms with Gasteiger partial charge in [0.25, 0.3) is 0 Å². The zero-order valence-corrected chi connectivity index (χ0v) is 16.1. The van der Waals surface area contributed by atoms with Crippen LogP contribution in [0.2, 0.25) is 0 Å². The SMILES string of the molecule is COC(=O)C1=C(F)C=C(c2cccc(OC)c2)C(F)(C2=CCCC2(C)C)C1. The third-order valence-electron chi connectivity index (χ3n) is 5.49. The van der Waals surface area contributed by atoms with Crippen molar-refractivity contribution >= 4 is 11.5 Å². The van der Waals surface area contributed by atoms with Gasteiger partial charge in [0.2, 0.25) is 0 Å². The molecule has 0 fully saturated rings. The molecule has 0 radical (unpaired) electrons. The van der Waals surface area contributed by atoms with Gasteiger partial charge in [0.15, 0.2) is 5.67 Å². The quantitative estimate of drug-likeness (QED) is 0.528. The second-order valence-corrected chi connectivity index (χ2v) is 7.63. The summed E-state index contributed by atoms with van der Waals surface area (Å²) >= 11 is 0. The monoisotopic (exact) mass is 374 g/mol. The van der Waals surface area contributed by atoms with Gasteiger partial charge in [0.05, 0.1) is 19.8 Å². The summed E-state index contributed by atoms with van der Waals surface area (Å²) < 4.78 is 41.3. The zero-order valence-electron chi connectivity index (χ0n) is 16.1. The molecular weight excluding hydrogens is 350 g/mol. The van der Waals surface area contributed by atoms with E-state index in [-0.39, 0.29) is 23.0 Å². The molecule has 2 aliphatic carbocycles. The third-order valence-corrected chi connectivity index (χ3v) is 5.49. The van der Waals surface area contributed by atoms with Crippen LogP contribution >= 0.6 is 0 Å². The molecule has 144 valence electrons. The first-order valence-electron chi connectivity index (χ1n) is 8.96. The first kappa shape index (κ1) is 19.3. The highest BCUT2D eigenvalue weighted by Crippen LogP contribution is 2.55. The summed E-state index contributed by atoms with van der Waals surface area (Å²) in [5.74, 6) is -1.05. The number of carbonyl (C=O) groups excluding carboxylic acids is 1. The van der Waals surface area contributed by atoms with E-state index >= 15 is 4.39 Å². The lowest BCUT2D eigenvalue weighted by Crippen LogP contribution is -2.37. The van der Waals surface area contributed by atoms with Crippen molar-refractivity contribution in [3.05, 3.63) is 59.0 Å². The molecule has 0 N–H and O–H groups in total. The average molecular weight is 374 g/mol. The van der Waals surface area contributed by atoms with Crippen LogP contribution in [0.3, 0.4) is 0 Å². The van der Waals surface area contributed by atoms with Crippen molar-refractivity contribution in [3.8, 4) is 5.75 Å². The third kappa shape index (κ3) is 3.31. The van der Waals surface area contributed by atoms with Crippen LogP contribution in [0.25, 0.3) is 5.57 Å². The van der Waals surface area contributed by atoms with Gasteiger partial charge in [-0.05, 0) is 47.6 Å². The maximum atomic E-state index is 16.7. The molecule has 1 unspecified atom stereocenters. The Morgan fingerprint density at radius 3 is 2.56 bits per heavy atom. The molecule has 0 saturated carbocycles. The zero-order chi connectivity index (χ0) is 19.8. The standard InChI is InChI=1S/C22H24F2O3/c1-21(2)10-6-9-19(21)22(24)13-16(20(25)27-4)18(23)12-17(22)14-7-5-8-15(11-14)26-3/h5,7-9,11-12H,6,10,13H2,1-4H3. The molecule has 1 aromatic rings. The number of alkyl halides is 1. The van der Waals surface area contributed by atoms with E-state index in [9.17, 15) is 9.18 Å². The van der Waals surface area contributed by atoms with E-state index in [1.807, 2.05) is 19.9 Å². The number of hydrogen-bond acceptors (Lipinski definition) is 3. The number of benzene rings is 1. The number of carbonyl (C=O) groups is 1. The van der Waals surface area contributed by atoms with Crippen LogP contribution in [-0.4, -0.2) is 25.9 Å². The Balaban J connectivity index is 2.21. The highest BCUT2D eigenvalue weighted by molar-refractivity contribution is 5.94. The van der Waals surface area contributed by atoms with Crippen molar-refractivity contribution in [2.24, 2.45) is 5.41 Å². The summed E-state index contributed by atoms with van der Waals surface area (Å²) in [6.07, 6.45) is 4.17. The Labute approximate surface area is 158 Å². The van der Waals surface area contributed by atoms with Gasteiger partial charge in [-0.2, -0.15) is 0 Å². The van der Waals surface area contributed by atoms with Crippen molar-refractivity contribution in [2.45, 2.75) is 38.8 Å². The van der Waals surface area contributed by atoms with Gasteiger partial charge < -0.3 is 9.47 Å². The van der Waals surface area contributed by atoms with Crippen molar-refractivity contribution in [1.82, 2.24) is 0 Å². The van der Waals surface area contributed by atoms with Crippen molar-refractivity contribution in [3.63, 3.8) is 0 Å². The number of hydrogen-bond donors (Lipinski definition) is 0. The summed E-state index contributed by atoms with van der Waals surface area (Å²) in [7, 11) is 2.69. The van der Waals surface area contributed by atoms with E-state index in [0.717, 1.165) is 18.9 Å². The summed E-state index contributed by atoms with van der Waals surface area (Å²) in [5.41, 5.74) is -1.34. The molecule has 3 nitrogen and oxygen atoms in total. The number of methoxy groups -OCH3 is 2. The molecule has 0 spiro atoms. The minimum Gasteiger partial charge on any atom is -0.497 e. The minimum atomic E-state index is -1.99. The molecular formula is C22H24F2O3. The summed E-state index contributed by atoms with van der Waals surface area (Å²) in [6, 6.07) is 6.89. The average Bonchev–Trinajstić information content (AvgIpc) is 3.02. The van der Waals surface area contributed by atoms with Gasteiger partial charge in [0, 0.05) is 12.0 Å². The number of halogens is 2. The van der Waals surface area contributed by atoms with Gasteiger partial charge in [0.1, 0.15) is 11.6 Å². The summed E-state index contributed by atoms with van der Waals surface area (Å²) in [4.78, 5) is 12.0. The van der Waals surface area contributed by atoms with Gasteiger partial charge in [-0.1, -0.05) is 32.1 Å². The van der Waals surface area contributed by atoms with E-state index < -0.39 is 17.5 Å². The Bertz CT molecular complexity index is 864. The van der Waals surface area contributed by atoms with Crippen molar-refractivity contribution < 1.29 is 23.0 Å². The molecule has 0 bridgehead atoms. The van der Waals surface area contributed by atoms with Gasteiger partial charge in [-0.25, -0.2) is 13.6 Å². The Morgan fingerprint density at radius 1 is 1.22 bits per heavy atom. The fourth-order valence-electron chi connectivity index (χ4n) is 4.07. The maximum Gasteiger partial charge on any atom is 0.336 e. The highest BCUT2D eigenvalue weighted by Gasteiger charge is 2.50. The number of ether oxygens (including phenoxy) is 2. The van der Waals surface area contributed by atoms with Gasteiger partial charge in [-0.15, -0.1) is 0 Å². The largest absolute Gasteiger partial charge is 0.497 e. The summed E-state index contributed by atoms with van der Waals surface area (Å²) in [6.45, 7) is 3.95. The predicted molar refractivity (Wildman–Crippen MR) is 101 cm³/mol. The Kier molecular flexibility index (Phi) is 4.98. The number of esters is 1. The fourth-order valence-corrected chi connectivity index (χ4v) is 4.07. The second-order valence-electron chi connectivity index (χ2n) is 7.63. The minimum absolute atomic E-state index is 0.202. The van der Waals surface area contributed by atoms with Crippen LogP contribution < -0.4 is 4.74 Å². The molecule has 0 aliphatic heterocycles. The van der Waals surface area contributed by atoms with Crippen LogP contribution in [0, 0.1) is 5.41 Å². The van der Waals surface area contributed by atoms with E-state index in [2.05, 4.69) is 4.74 Å². The summed E-state index contributed by atoms with van der Waals surface area (Å²) in [5, 5.41) is 0. The predicted octanol–water partition coefficient (Wildman–Crippen LogP) is 5.33. The lowest BCUT2D eigenvalue weighted by atomic mass is 9.68. The van der Waals surface area contributed by atoms with Crippen LogP contribution in [0.15, 0.2) is 53.4 Å². The van der Waals surface area contributed by atoms with Crippen LogP contribution in [0.1, 0.15) is 38.7 Å². The van der Waals surface area contributed by atoms with E-state index in [1.165, 1.54) is 14.2 Å². The molecule has 1 atom stereocenters. The lowest BCUT2D eigenvalue weighted by molar-refractivity contribution is -0.136. The van der Waals surface area contributed by atoms with Gasteiger partial charge >= 0.3 is 5.97 Å². The van der Waals surface area contributed by atoms with Crippen LogP contribution in [0.4, 0.5) is 8.78 Å². The van der Waals surface area contributed by atoms with Crippen molar-refractivity contribution in [2.75, 3.05) is 14.2 Å². The number of allylic oxidation sites excluding steroid dienone is 5. The van der Waals surface area contributed by atoms with E-state index in [4.69, 9.17) is 4.74 Å². The topological polar surface area (TPSA) is 35.5 Å².